The number of rotatable bonds is 5. The maximum absolute atomic E-state index is 8.80. The Labute approximate surface area is 107 Å². The largest absolute Gasteiger partial charge is 0.396 e. The molecule has 1 atom stereocenters. The van der Waals surface area contributed by atoms with Crippen LogP contribution >= 0.6 is 11.6 Å². The van der Waals surface area contributed by atoms with Gasteiger partial charge in [0.1, 0.15) is 5.60 Å². The van der Waals surface area contributed by atoms with Crippen molar-refractivity contribution in [3.63, 3.8) is 0 Å². The molecule has 94 valence electrons. The first-order valence-electron chi connectivity index (χ1n) is 5.95. The van der Waals surface area contributed by atoms with Gasteiger partial charge in [0.25, 0.3) is 0 Å². The van der Waals surface area contributed by atoms with Crippen molar-refractivity contribution in [2.45, 2.75) is 24.9 Å². The fourth-order valence-electron chi connectivity index (χ4n) is 2.44. The molecule has 0 amide bonds. The number of aryl methyl sites for hydroxylation is 1. The minimum absolute atomic E-state index is 0.147. The molecule has 1 aromatic rings. The van der Waals surface area contributed by atoms with Gasteiger partial charge in [0, 0.05) is 18.2 Å². The van der Waals surface area contributed by atoms with E-state index in [1.807, 2.05) is 18.2 Å². The molecule has 0 heterocycles. The average molecular weight is 256 g/mol. The molecule has 0 fully saturated rings. The van der Waals surface area contributed by atoms with Gasteiger partial charge in [-0.3, -0.25) is 0 Å². The molecule has 3 nitrogen and oxygen atoms in total. The third kappa shape index (κ3) is 2.47. The molecule has 1 unspecified atom stereocenters. The summed E-state index contributed by atoms with van der Waals surface area (Å²) in [7, 11) is 0. The predicted octanol–water partition coefficient (Wildman–Crippen LogP) is 1.84. The van der Waals surface area contributed by atoms with E-state index < -0.39 is 0 Å². The van der Waals surface area contributed by atoms with Crippen LogP contribution in [0.4, 0.5) is 0 Å². The van der Waals surface area contributed by atoms with E-state index >= 15 is 0 Å². The Bertz CT molecular complexity index is 397. The number of aliphatic hydroxyl groups excluding tert-OH is 1. The lowest BCUT2D eigenvalue weighted by Gasteiger charge is -2.29. The van der Waals surface area contributed by atoms with Crippen LogP contribution in [0.5, 0.6) is 0 Å². The average Bonchev–Trinajstić information content (AvgIpc) is 2.68. The fraction of sp³-hybridized carbons (Fsp3) is 0.538. The minimum atomic E-state index is -0.380. The lowest BCUT2D eigenvalue weighted by atomic mass is 9.96. The summed E-state index contributed by atoms with van der Waals surface area (Å²) in [4.78, 5) is 0. The van der Waals surface area contributed by atoms with Crippen LogP contribution in [0.3, 0.4) is 0 Å². The molecule has 1 aliphatic rings. The van der Waals surface area contributed by atoms with Crippen LogP contribution in [0.15, 0.2) is 18.2 Å². The smallest absolute Gasteiger partial charge is 0.106 e. The monoisotopic (exact) mass is 255 g/mol. The van der Waals surface area contributed by atoms with Crippen LogP contribution in [-0.4, -0.2) is 24.9 Å². The molecular formula is C13H18ClNO2. The third-order valence-electron chi connectivity index (χ3n) is 3.37. The van der Waals surface area contributed by atoms with Gasteiger partial charge in [-0.15, -0.1) is 0 Å². The molecule has 0 radical (unpaired) electrons. The van der Waals surface area contributed by atoms with Gasteiger partial charge in [0.05, 0.1) is 6.61 Å². The van der Waals surface area contributed by atoms with Gasteiger partial charge in [-0.2, -0.15) is 0 Å². The van der Waals surface area contributed by atoms with Gasteiger partial charge >= 0.3 is 0 Å². The first-order chi connectivity index (χ1) is 8.22. The molecule has 0 saturated carbocycles. The highest BCUT2D eigenvalue weighted by Gasteiger charge is 2.38. The first-order valence-corrected chi connectivity index (χ1v) is 6.33. The second kappa shape index (κ2) is 5.36. The Balaban J connectivity index is 2.21. The zero-order valence-electron chi connectivity index (χ0n) is 9.79. The van der Waals surface area contributed by atoms with Crippen LogP contribution in [-0.2, 0) is 16.8 Å². The van der Waals surface area contributed by atoms with Gasteiger partial charge in [-0.1, -0.05) is 17.7 Å². The second-order valence-electron chi connectivity index (χ2n) is 4.43. The SMILES string of the molecule is NCC1(OCCCO)CCc2cc(Cl)ccc21. The third-order valence-corrected chi connectivity index (χ3v) is 3.60. The van der Waals surface area contributed by atoms with E-state index in [1.54, 1.807) is 0 Å². The van der Waals surface area contributed by atoms with Gasteiger partial charge in [0.2, 0.25) is 0 Å². The van der Waals surface area contributed by atoms with E-state index in [-0.39, 0.29) is 12.2 Å². The van der Waals surface area contributed by atoms with E-state index in [0.717, 1.165) is 23.4 Å². The molecule has 0 saturated heterocycles. The van der Waals surface area contributed by atoms with Crippen LogP contribution in [0.2, 0.25) is 5.02 Å². The highest BCUT2D eigenvalue weighted by Crippen LogP contribution is 2.40. The molecule has 1 aliphatic carbocycles. The van der Waals surface area contributed by atoms with Crippen molar-refractivity contribution in [3.05, 3.63) is 34.3 Å². The number of fused-ring (bicyclic) bond motifs is 1. The van der Waals surface area contributed by atoms with Crippen molar-refractivity contribution in [1.29, 1.82) is 0 Å². The molecule has 1 aromatic carbocycles. The van der Waals surface area contributed by atoms with Crippen molar-refractivity contribution in [3.8, 4) is 0 Å². The Kier molecular flexibility index (Phi) is 4.05. The van der Waals surface area contributed by atoms with Crippen LogP contribution < -0.4 is 5.73 Å². The van der Waals surface area contributed by atoms with Gasteiger partial charge in [-0.05, 0) is 42.5 Å². The Hall–Kier alpha value is -0.610. The molecule has 4 heteroatoms. The molecule has 0 spiro atoms. The highest BCUT2D eigenvalue weighted by atomic mass is 35.5. The van der Waals surface area contributed by atoms with Crippen LogP contribution in [0.1, 0.15) is 24.0 Å². The summed E-state index contributed by atoms with van der Waals surface area (Å²) < 4.78 is 5.92. The van der Waals surface area contributed by atoms with Crippen molar-refractivity contribution in [2.75, 3.05) is 19.8 Å². The minimum Gasteiger partial charge on any atom is -0.396 e. The fourth-order valence-corrected chi connectivity index (χ4v) is 2.63. The van der Waals surface area contributed by atoms with E-state index in [9.17, 15) is 0 Å². The Morgan fingerprint density at radius 3 is 3.00 bits per heavy atom. The number of aliphatic hydroxyl groups is 1. The quantitative estimate of drug-likeness (QED) is 0.790. The summed E-state index contributed by atoms with van der Waals surface area (Å²) in [6.07, 6.45) is 2.49. The summed E-state index contributed by atoms with van der Waals surface area (Å²) in [6.45, 7) is 1.15. The second-order valence-corrected chi connectivity index (χ2v) is 4.86. The van der Waals surface area contributed by atoms with E-state index in [2.05, 4.69) is 0 Å². The number of benzene rings is 1. The summed E-state index contributed by atoms with van der Waals surface area (Å²) in [5.41, 5.74) is 7.89. The lowest BCUT2D eigenvalue weighted by molar-refractivity contribution is -0.0467. The zero-order valence-corrected chi connectivity index (χ0v) is 10.5. The number of ether oxygens (including phenoxy) is 1. The van der Waals surface area contributed by atoms with Crippen molar-refractivity contribution < 1.29 is 9.84 Å². The summed E-state index contributed by atoms with van der Waals surface area (Å²) in [5, 5.41) is 9.56. The van der Waals surface area contributed by atoms with Crippen LogP contribution in [0, 0.1) is 0 Å². The summed E-state index contributed by atoms with van der Waals surface area (Å²) in [5.74, 6) is 0. The van der Waals surface area contributed by atoms with Crippen molar-refractivity contribution in [2.24, 2.45) is 5.73 Å². The number of hydrogen-bond donors (Lipinski definition) is 2. The highest BCUT2D eigenvalue weighted by molar-refractivity contribution is 6.30. The predicted molar refractivity (Wildman–Crippen MR) is 68.2 cm³/mol. The van der Waals surface area contributed by atoms with Crippen LogP contribution in [0.25, 0.3) is 0 Å². The first kappa shape index (κ1) is 12.8. The molecule has 3 N–H and O–H groups in total. The molecule has 17 heavy (non-hydrogen) atoms. The molecule has 2 rings (SSSR count). The maximum atomic E-state index is 8.80. The summed E-state index contributed by atoms with van der Waals surface area (Å²) in [6, 6.07) is 5.88. The van der Waals surface area contributed by atoms with E-state index in [4.69, 9.17) is 27.2 Å². The number of hydrogen-bond acceptors (Lipinski definition) is 3. The molecule has 0 bridgehead atoms. The van der Waals surface area contributed by atoms with Crippen molar-refractivity contribution in [1.82, 2.24) is 0 Å². The Morgan fingerprint density at radius 1 is 1.47 bits per heavy atom. The molecule has 0 aliphatic heterocycles. The number of nitrogens with two attached hydrogens (primary N) is 1. The Morgan fingerprint density at radius 2 is 2.29 bits per heavy atom. The standard InChI is InChI=1S/C13H18ClNO2/c14-11-2-3-12-10(8-11)4-5-13(12,9-15)17-7-1-6-16/h2-3,8,16H,1,4-7,9,15H2. The lowest BCUT2D eigenvalue weighted by Crippen LogP contribution is -2.36. The van der Waals surface area contributed by atoms with Gasteiger partial charge in [0.15, 0.2) is 0 Å². The van der Waals surface area contributed by atoms with Crippen molar-refractivity contribution >= 4 is 11.6 Å². The molecule has 0 aromatic heterocycles. The van der Waals surface area contributed by atoms with E-state index in [0.29, 0.717) is 19.6 Å². The van der Waals surface area contributed by atoms with Gasteiger partial charge < -0.3 is 15.6 Å². The zero-order chi connectivity index (χ0) is 12.3. The number of halogens is 1. The molecular weight excluding hydrogens is 238 g/mol. The topological polar surface area (TPSA) is 55.5 Å². The van der Waals surface area contributed by atoms with Gasteiger partial charge in [-0.25, -0.2) is 0 Å². The summed E-state index contributed by atoms with van der Waals surface area (Å²) >= 11 is 5.98. The maximum Gasteiger partial charge on any atom is 0.106 e. The van der Waals surface area contributed by atoms with E-state index in [1.165, 1.54) is 5.56 Å². The normalized spacial score (nSPS) is 22.8.